The van der Waals surface area contributed by atoms with Gasteiger partial charge in [-0.15, -0.1) is 11.3 Å². The molecule has 0 spiro atoms. The minimum Gasteiger partial charge on any atom is -0.396 e. The maximum absolute atomic E-state index is 8.83. The molecular formula is C12H23N3OS. The van der Waals surface area contributed by atoms with Crippen LogP contribution in [0, 0.1) is 0 Å². The molecule has 1 heterocycles. The summed E-state index contributed by atoms with van der Waals surface area (Å²) in [5, 5.41) is 13.1. The number of anilines is 1. The second-order valence-corrected chi connectivity index (χ2v) is 5.12. The Bertz CT molecular complexity index is 304. The van der Waals surface area contributed by atoms with Gasteiger partial charge in [-0.1, -0.05) is 13.8 Å². The quantitative estimate of drug-likeness (QED) is 0.712. The van der Waals surface area contributed by atoms with Gasteiger partial charge in [0.15, 0.2) is 5.13 Å². The van der Waals surface area contributed by atoms with Gasteiger partial charge < -0.3 is 10.4 Å². The van der Waals surface area contributed by atoms with Crippen LogP contribution in [-0.4, -0.2) is 41.2 Å². The molecule has 2 N–H and O–H groups in total. The number of nitrogens with one attached hydrogen (secondary N) is 1. The molecule has 17 heavy (non-hydrogen) atoms. The molecule has 1 aromatic rings. The van der Waals surface area contributed by atoms with Gasteiger partial charge in [0, 0.05) is 37.3 Å². The lowest BCUT2D eigenvalue weighted by Gasteiger charge is -2.18. The molecule has 0 aliphatic carbocycles. The van der Waals surface area contributed by atoms with Gasteiger partial charge in [0.05, 0.1) is 0 Å². The Hall–Kier alpha value is -0.650. The number of aliphatic hydroxyl groups is 1. The largest absolute Gasteiger partial charge is 0.396 e. The van der Waals surface area contributed by atoms with E-state index in [9.17, 15) is 0 Å². The lowest BCUT2D eigenvalue weighted by molar-refractivity contribution is 0.226. The van der Waals surface area contributed by atoms with Gasteiger partial charge >= 0.3 is 0 Å². The Balaban J connectivity index is 2.40. The van der Waals surface area contributed by atoms with Gasteiger partial charge in [-0.25, -0.2) is 4.98 Å². The van der Waals surface area contributed by atoms with E-state index >= 15 is 0 Å². The molecule has 0 aromatic carbocycles. The second-order valence-electron chi connectivity index (χ2n) is 4.00. The maximum Gasteiger partial charge on any atom is 0.182 e. The lowest BCUT2D eigenvalue weighted by Crippen LogP contribution is -2.24. The third-order valence-electron chi connectivity index (χ3n) is 2.54. The molecule has 0 aliphatic heterocycles. The van der Waals surface area contributed by atoms with E-state index in [1.165, 1.54) is 4.88 Å². The fraction of sp³-hybridized carbons (Fsp3) is 0.750. The van der Waals surface area contributed by atoms with Crippen LogP contribution in [0.15, 0.2) is 6.20 Å². The van der Waals surface area contributed by atoms with Crippen LogP contribution in [0.25, 0.3) is 0 Å². The Kier molecular flexibility index (Phi) is 7.16. The summed E-state index contributed by atoms with van der Waals surface area (Å²) in [6.07, 6.45) is 3.91. The SMILES string of the molecule is CCCNc1ncc(CN(CC)CCCO)s1. The van der Waals surface area contributed by atoms with Crippen molar-refractivity contribution >= 4 is 16.5 Å². The standard InChI is InChI=1S/C12H23N3OS/c1-3-6-13-12-14-9-11(17-12)10-15(4-2)7-5-8-16/h9,16H,3-8,10H2,1-2H3,(H,13,14). The molecule has 0 aliphatic rings. The number of rotatable bonds is 9. The summed E-state index contributed by atoms with van der Waals surface area (Å²) < 4.78 is 0. The van der Waals surface area contributed by atoms with Crippen molar-refractivity contribution < 1.29 is 5.11 Å². The molecule has 0 bridgehead atoms. The zero-order chi connectivity index (χ0) is 12.5. The van der Waals surface area contributed by atoms with Crippen LogP contribution in [0.3, 0.4) is 0 Å². The van der Waals surface area contributed by atoms with Crippen molar-refractivity contribution in [3.63, 3.8) is 0 Å². The fourth-order valence-electron chi connectivity index (χ4n) is 1.56. The third-order valence-corrected chi connectivity index (χ3v) is 3.48. The summed E-state index contributed by atoms with van der Waals surface area (Å²) in [7, 11) is 0. The first-order valence-corrected chi connectivity index (χ1v) is 7.13. The summed E-state index contributed by atoms with van der Waals surface area (Å²) in [5.41, 5.74) is 0. The predicted molar refractivity (Wildman–Crippen MR) is 73.5 cm³/mol. The van der Waals surface area contributed by atoms with Crippen LogP contribution < -0.4 is 5.32 Å². The van der Waals surface area contributed by atoms with Crippen LogP contribution in [0.5, 0.6) is 0 Å². The molecule has 0 fully saturated rings. The van der Waals surface area contributed by atoms with Crippen molar-refractivity contribution in [1.82, 2.24) is 9.88 Å². The van der Waals surface area contributed by atoms with E-state index in [0.717, 1.165) is 44.2 Å². The van der Waals surface area contributed by atoms with Crippen molar-refractivity contribution in [2.24, 2.45) is 0 Å². The number of thiazole rings is 1. The molecule has 0 saturated heterocycles. The molecule has 1 aromatic heterocycles. The summed E-state index contributed by atoms with van der Waals surface area (Å²) in [6, 6.07) is 0. The average Bonchev–Trinajstić information content (AvgIpc) is 2.79. The highest BCUT2D eigenvalue weighted by Crippen LogP contribution is 2.19. The first kappa shape index (κ1) is 14.4. The van der Waals surface area contributed by atoms with E-state index < -0.39 is 0 Å². The molecule has 0 radical (unpaired) electrons. The summed E-state index contributed by atoms with van der Waals surface area (Å²) in [4.78, 5) is 7.96. The van der Waals surface area contributed by atoms with Crippen molar-refractivity contribution in [3.05, 3.63) is 11.1 Å². The molecule has 0 amide bonds. The van der Waals surface area contributed by atoms with Gasteiger partial charge in [0.2, 0.25) is 0 Å². The van der Waals surface area contributed by atoms with Crippen molar-refractivity contribution in [1.29, 1.82) is 0 Å². The molecule has 0 atom stereocenters. The zero-order valence-electron chi connectivity index (χ0n) is 10.8. The highest BCUT2D eigenvalue weighted by atomic mass is 32.1. The van der Waals surface area contributed by atoms with Crippen LogP contribution in [0.1, 0.15) is 31.6 Å². The van der Waals surface area contributed by atoms with Crippen LogP contribution in [0.2, 0.25) is 0 Å². The Morgan fingerprint density at radius 2 is 2.29 bits per heavy atom. The smallest absolute Gasteiger partial charge is 0.182 e. The number of hydrogen-bond acceptors (Lipinski definition) is 5. The number of aromatic nitrogens is 1. The lowest BCUT2D eigenvalue weighted by atomic mass is 10.3. The Morgan fingerprint density at radius 3 is 2.94 bits per heavy atom. The predicted octanol–water partition coefficient (Wildman–Crippen LogP) is 2.17. The van der Waals surface area contributed by atoms with E-state index in [2.05, 4.69) is 29.0 Å². The maximum atomic E-state index is 8.83. The minimum atomic E-state index is 0.266. The number of aliphatic hydroxyl groups excluding tert-OH is 1. The van der Waals surface area contributed by atoms with Gasteiger partial charge in [0.1, 0.15) is 0 Å². The molecule has 4 nitrogen and oxygen atoms in total. The molecular weight excluding hydrogens is 234 g/mol. The van der Waals surface area contributed by atoms with E-state index in [-0.39, 0.29) is 6.61 Å². The normalized spacial score (nSPS) is 11.1. The highest BCUT2D eigenvalue weighted by molar-refractivity contribution is 7.15. The molecule has 1 rings (SSSR count). The molecule has 5 heteroatoms. The summed E-state index contributed by atoms with van der Waals surface area (Å²) in [6.45, 7) is 8.43. The minimum absolute atomic E-state index is 0.266. The zero-order valence-corrected chi connectivity index (χ0v) is 11.6. The van der Waals surface area contributed by atoms with E-state index in [1.54, 1.807) is 11.3 Å². The van der Waals surface area contributed by atoms with Crippen molar-refractivity contribution in [3.8, 4) is 0 Å². The van der Waals surface area contributed by atoms with Crippen LogP contribution in [-0.2, 0) is 6.54 Å². The topological polar surface area (TPSA) is 48.4 Å². The fourth-order valence-corrected chi connectivity index (χ4v) is 2.44. The molecule has 98 valence electrons. The van der Waals surface area contributed by atoms with Gasteiger partial charge in [-0.3, -0.25) is 4.90 Å². The monoisotopic (exact) mass is 257 g/mol. The number of nitrogens with zero attached hydrogens (tertiary/aromatic N) is 2. The summed E-state index contributed by atoms with van der Waals surface area (Å²) >= 11 is 1.72. The Labute approximate surface area is 108 Å². The highest BCUT2D eigenvalue weighted by Gasteiger charge is 2.06. The summed E-state index contributed by atoms with van der Waals surface area (Å²) in [5.74, 6) is 0. The first-order valence-electron chi connectivity index (χ1n) is 6.31. The molecule has 0 unspecified atom stereocenters. The average molecular weight is 257 g/mol. The van der Waals surface area contributed by atoms with Crippen LogP contribution in [0.4, 0.5) is 5.13 Å². The van der Waals surface area contributed by atoms with Crippen molar-refractivity contribution in [2.45, 2.75) is 33.2 Å². The van der Waals surface area contributed by atoms with Crippen LogP contribution >= 0.6 is 11.3 Å². The van der Waals surface area contributed by atoms with E-state index in [1.807, 2.05) is 6.20 Å². The van der Waals surface area contributed by atoms with E-state index in [4.69, 9.17) is 5.11 Å². The van der Waals surface area contributed by atoms with Crippen molar-refractivity contribution in [2.75, 3.05) is 31.6 Å². The molecule has 0 saturated carbocycles. The second kappa shape index (κ2) is 8.44. The van der Waals surface area contributed by atoms with E-state index in [0.29, 0.717) is 0 Å². The Morgan fingerprint density at radius 1 is 1.47 bits per heavy atom. The number of hydrogen-bond donors (Lipinski definition) is 2. The van der Waals surface area contributed by atoms with Gasteiger partial charge in [-0.2, -0.15) is 0 Å². The third kappa shape index (κ3) is 5.48. The van der Waals surface area contributed by atoms with Gasteiger partial charge in [0.25, 0.3) is 0 Å². The first-order chi connectivity index (χ1) is 8.30. The van der Waals surface area contributed by atoms with Gasteiger partial charge in [-0.05, 0) is 19.4 Å².